The molecule has 1 aromatic heterocycles. The lowest BCUT2D eigenvalue weighted by Gasteiger charge is -2.15. The van der Waals surface area contributed by atoms with Crippen molar-refractivity contribution in [3.8, 4) is 0 Å². The van der Waals surface area contributed by atoms with E-state index < -0.39 is 10.0 Å². The topological polar surface area (TPSA) is 84.3 Å². The van der Waals surface area contributed by atoms with E-state index in [0.29, 0.717) is 19.6 Å². The van der Waals surface area contributed by atoms with Crippen molar-refractivity contribution in [2.75, 3.05) is 13.1 Å². The molecule has 0 spiro atoms. The van der Waals surface area contributed by atoms with Crippen LogP contribution in [0.1, 0.15) is 26.7 Å². The van der Waals surface area contributed by atoms with Gasteiger partial charge < -0.3 is 4.90 Å². The zero-order chi connectivity index (χ0) is 14.8. The van der Waals surface area contributed by atoms with Crippen LogP contribution in [0.15, 0.2) is 17.3 Å². The Kier molecular flexibility index (Phi) is 4.44. The van der Waals surface area contributed by atoms with Gasteiger partial charge in [0.05, 0.1) is 6.20 Å². The summed E-state index contributed by atoms with van der Waals surface area (Å²) in [6, 6.07) is -0.357. The average Bonchev–Trinajstić information content (AvgIpc) is 2.97. The van der Waals surface area contributed by atoms with Gasteiger partial charge >= 0.3 is 0 Å². The predicted octanol–water partition coefficient (Wildman–Crippen LogP) is 0.192. The molecule has 1 aromatic rings. The van der Waals surface area contributed by atoms with Gasteiger partial charge in [-0.2, -0.15) is 5.10 Å². The van der Waals surface area contributed by atoms with Crippen molar-refractivity contribution >= 4 is 15.9 Å². The first-order chi connectivity index (χ1) is 9.46. The lowest BCUT2D eigenvalue weighted by atomic mass is 10.3. The predicted molar refractivity (Wildman–Crippen MR) is 73.5 cm³/mol. The number of aromatic nitrogens is 2. The van der Waals surface area contributed by atoms with Crippen LogP contribution >= 0.6 is 0 Å². The number of hydrogen-bond donors (Lipinski definition) is 1. The van der Waals surface area contributed by atoms with Gasteiger partial charge in [0.25, 0.3) is 0 Å². The Morgan fingerprint density at radius 3 is 2.80 bits per heavy atom. The standard InChI is InChI=1S/C12H20N4O3S/c1-3-5-15-8-10(6-12(15)17)14-20(18,19)11-7-13-16(4-2)9-11/h7,9-10,14H,3-6,8H2,1-2H3/t10-/m1/s1. The number of carbonyl (C=O) groups is 1. The number of amides is 1. The first kappa shape index (κ1) is 15.0. The smallest absolute Gasteiger partial charge is 0.244 e. The second-order valence-corrected chi connectivity index (χ2v) is 6.61. The Hall–Kier alpha value is -1.41. The zero-order valence-electron chi connectivity index (χ0n) is 11.7. The summed E-state index contributed by atoms with van der Waals surface area (Å²) < 4.78 is 28.5. The van der Waals surface area contributed by atoms with E-state index in [9.17, 15) is 13.2 Å². The van der Waals surface area contributed by atoms with E-state index in [1.165, 1.54) is 12.4 Å². The summed E-state index contributed by atoms with van der Waals surface area (Å²) in [6.45, 7) is 5.60. The highest BCUT2D eigenvalue weighted by Crippen LogP contribution is 2.15. The van der Waals surface area contributed by atoms with Gasteiger partial charge in [-0.05, 0) is 13.3 Å². The van der Waals surface area contributed by atoms with Crippen LogP contribution in [-0.4, -0.2) is 48.1 Å². The quantitative estimate of drug-likeness (QED) is 0.813. The van der Waals surface area contributed by atoms with Crippen LogP contribution in [0.4, 0.5) is 0 Å². The van der Waals surface area contributed by atoms with Gasteiger partial charge in [0.1, 0.15) is 4.90 Å². The number of likely N-dealkylation sites (tertiary alicyclic amines) is 1. The Labute approximate surface area is 119 Å². The Bertz CT molecular complexity index is 581. The highest BCUT2D eigenvalue weighted by atomic mass is 32.2. The minimum atomic E-state index is -3.61. The molecule has 8 heteroatoms. The summed E-state index contributed by atoms with van der Waals surface area (Å²) >= 11 is 0. The summed E-state index contributed by atoms with van der Waals surface area (Å²) in [6.07, 6.45) is 3.91. The van der Waals surface area contributed by atoms with Crippen LogP contribution in [0.25, 0.3) is 0 Å². The molecule has 0 radical (unpaired) electrons. The Balaban J connectivity index is 2.04. The first-order valence-electron chi connectivity index (χ1n) is 6.78. The molecule has 1 saturated heterocycles. The summed E-state index contributed by atoms with van der Waals surface area (Å²) in [4.78, 5) is 13.6. The van der Waals surface area contributed by atoms with E-state index in [1.54, 1.807) is 9.58 Å². The fourth-order valence-corrected chi connectivity index (χ4v) is 3.46. The van der Waals surface area contributed by atoms with Crippen LogP contribution < -0.4 is 4.72 Å². The van der Waals surface area contributed by atoms with Gasteiger partial charge in [-0.1, -0.05) is 6.92 Å². The molecule has 1 aliphatic rings. The third-order valence-corrected chi connectivity index (χ3v) is 4.75. The molecule has 1 atom stereocenters. The largest absolute Gasteiger partial charge is 0.341 e. The van der Waals surface area contributed by atoms with E-state index in [0.717, 1.165) is 6.42 Å². The molecule has 1 aliphatic heterocycles. The van der Waals surface area contributed by atoms with Crippen molar-refractivity contribution in [1.29, 1.82) is 0 Å². The molecular weight excluding hydrogens is 280 g/mol. The van der Waals surface area contributed by atoms with Crippen molar-refractivity contribution in [1.82, 2.24) is 19.4 Å². The van der Waals surface area contributed by atoms with Crippen LogP contribution in [0.2, 0.25) is 0 Å². The number of nitrogens with one attached hydrogen (secondary N) is 1. The molecular formula is C12H20N4O3S. The number of carbonyl (C=O) groups excluding carboxylic acids is 1. The van der Waals surface area contributed by atoms with Gasteiger partial charge in [0.2, 0.25) is 15.9 Å². The van der Waals surface area contributed by atoms with Gasteiger partial charge in [0.15, 0.2) is 0 Å². The van der Waals surface area contributed by atoms with Gasteiger partial charge in [0, 0.05) is 38.3 Å². The Morgan fingerprint density at radius 1 is 1.45 bits per heavy atom. The molecule has 0 saturated carbocycles. The van der Waals surface area contributed by atoms with E-state index in [-0.39, 0.29) is 23.3 Å². The summed E-state index contributed by atoms with van der Waals surface area (Å²) in [5, 5.41) is 3.96. The highest BCUT2D eigenvalue weighted by Gasteiger charge is 2.32. The first-order valence-corrected chi connectivity index (χ1v) is 8.27. The fraction of sp³-hybridized carbons (Fsp3) is 0.667. The fourth-order valence-electron chi connectivity index (χ4n) is 2.28. The number of nitrogens with zero attached hydrogens (tertiary/aromatic N) is 3. The zero-order valence-corrected chi connectivity index (χ0v) is 12.6. The van der Waals surface area contributed by atoms with Crippen molar-refractivity contribution in [2.45, 2.75) is 44.2 Å². The van der Waals surface area contributed by atoms with E-state index >= 15 is 0 Å². The normalized spacial score (nSPS) is 19.8. The van der Waals surface area contributed by atoms with Crippen LogP contribution in [0, 0.1) is 0 Å². The minimum absolute atomic E-state index is 0.00352. The van der Waals surface area contributed by atoms with Crippen molar-refractivity contribution < 1.29 is 13.2 Å². The second kappa shape index (κ2) is 5.92. The number of sulfonamides is 1. The molecule has 112 valence electrons. The number of aryl methyl sites for hydroxylation is 1. The molecule has 1 amide bonds. The molecule has 7 nitrogen and oxygen atoms in total. The number of rotatable bonds is 6. The van der Waals surface area contributed by atoms with E-state index in [4.69, 9.17) is 0 Å². The van der Waals surface area contributed by atoms with Crippen molar-refractivity contribution in [2.24, 2.45) is 0 Å². The lowest BCUT2D eigenvalue weighted by molar-refractivity contribution is -0.127. The average molecular weight is 300 g/mol. The third-order valence-electron chi connectivity index (χ3n) is 3.27. The minimum Gasteiger partial charge on any atom is -0.341 e. The maximum atomic E-state index is 12.2. The summed E-state index contributed by atoms with van der Waals surface area (Å²) in [5.41, 5.74) is 0. The van der Waals surface area contributed by atoms with E-state index in [2.05, 4.69) is 9.82 Å². The van der Waals surface area contributed by atoms with E-state index in [1.807, 2.05) is 13.8 Å². The van der Waals surface area contributed by atoms with Crippen LogP contribution in [0.5, 0.6) is 0 Å². The molecule has 1 N–H and O–H groups in total. The summed E-state index contributed by atoms with van der Waals surface area (Å²) in [7, 11) is -3.61. The second-order valence-electron chi connectivity index (χ2n) is 4.89. The molecule has 0 unspecified atom stereocenters. The lowest BCUT2D eigenvalue weighted by Crippen LogP contribution is -2.37. The molecule has 1 fully saturated rings. The maximum absolute atomic E-state index is 12.2. The molecule has 0 bridgehead atoms. The monoisotopic (exact) mass is 300 g/mol. The molecule has 2 heterocycles. The molecule has 2 rings (SSSR count). The van der Waals surface area contributed by atoms with Crippen molar-refractivity contribution in [3.05, 3.63) is 12.4 Å². The molecule has 0 aliphatic carbocycles. The number of hydrogen-bond acceptors (Lipinski definition) is 4. The maximum Gasteiger partial charge on any atom is 0.244 e. The van der Waals surface area contributed by atoms with Gasteiger partial charge in [-0.3, -0.25) is 9.48 Å². The van der Waals surface area contributed by atoms with Crippen LogP contribution in [-0.2, 0) is 21.4 Å². The molecule has 0 aromatic carbocycles. The van der Waals surface area contributed by atoms with Crippen LogP contribution in [0.3, 0.4) is 0 Å². The van der Waals surface area contributed by atoms with Gasteiger partial charge in [-0.25, -0.2) is 13.1 Å². The third kappa shape index (κ3) is 3.18. The Morgan fingerprint density at radius 2 is 2.20 bits per heavy atom. The highest BCUT2D eigenvalue weighted by molar-refractivity contribution is 7.89. The van der Waals surface area contributed by atoms with Crippen molar-refractivity contribution in [3.63, 3.8) is 0 Å². The van der Waals surface area contributed by atoms with Gasteiger partial charge in [-0.15, -0.1) is 0 Å². The summed E-state index contributed by atoms with van der Waals surface area (Å²) in [5.74, 6) is 0.00352. The SMILES string of the molecule is CCCN1C[C@H](NS(=O)(=O)c2cnn(CC)c2)CC1=O. The molecule has 20 heavy (non-hydrogen) atoms.